The van der Waals surface area contributed by atoms with Gasteiger partial charge in [0.2, 0.25) is 0 Å². The molecule has 1 unspecified atom stereocenters. The van der Waals surface area contributed by atoms with Gasteiger partial charge in [-0.2, -0.15) is 5.26 Å². The van der Waals surface area contributed by atoms with E-state index in [0.717, 1.165) is 10.0 Å². The summed E-state index contributed by atoms with van der Waals surface area (Å²) in [7, 11) is 0. The minimum Gasteiger partial charge on any atom is -0.293 e. The highest BCUT2D eigenvalue weighted by molar-refractivity contribution is 9.10. The van der Waals surface area contributed by atoms with Gasteiger partial charge in [-0.3, -0.25) is 4.79 Å². The summed E-state index contributed by atoms with van der Waals surface area (Å²) < 4.78 is 0.763. The summed E-state index contributed by atoms with van der Waals surface area (Å²) in [6, 6.07) is 18.8. The fourth-order valence-electron chi connectivity index (χ4n) is 1.99. The van der Waals surface area contributed by atoms with Gasteiger partial charge in [-0.25, -0.2) is 0 Å². The van der Waals surface area contributed by atoms with Crippen LogP contribution in [0.3, 0.4) is 0 Å². The number of nitrogens with zero attached hydrogens (tertiary/aromatic N) is 1. The molecule has 0 aliphatic rings. The Labute approximate surface area is 120 Å². The summed E-state index contributed by atoms with van der Waals surface area (Å²) in [5.74, 6) is -0.440. The van der Waals surface area contributed by atoms with E-state index in [-0.39, 0.29) is 12.2 Å². The lowest BCUT2D eigenvalue weighted by molar-refractivity contribution is 0.0960. The number of rotatable bonds is 4. The first kappa shape index (κ1) is 13.5. The third kappa shape index (κ3) is 3.10. The van der Waals surface area contributed by atoms with Crippen molar-refractivity contribution in [2.24, 2.45) is 0 Å². The van der Waals surface area contributed by atoms with Crippen molar-refractivity contribution < 1.29 is 4.79 Å². The Balaban J connectivity index is 2.39. The normalized spacial score (nSPS) is 11.6. The van der Waals surface area contributed by atoms with Crippen LogP contribution in [0.25, 0.3) is 0 Å². The molecule has 94 valence electrons. The second kappa shape index (κ2) is 6.31. The lowest BCUT2D eigenvalue weighted by atomic mass is 9.88. The number of halogens is 1. The van der Waals surface area contributed by atoms with Gasteiger partial charge in [0.15, 0.2) is 5.78 Å². The van der Waals surface area contributed by atoms with Crippen LogP contribution in [0.2, 0.25) is 0 Å². The maximum absolute atomic E-state index is 12.6. The predicted octanol–water partition coefficient (Wildman–Crippen LogP) is 4.33. The van der Waals surface area contributed by atoms with Crippen molar-refractivity contribution in [2.45, 2.75) is 12.3 Å². The molecule has 0 saturated carbocycles. The van der Waals surface area contributed by atoms with Crippen LogP contribution in [0.4, 0.5) is 0 Å². The monoisotopic (exact) mass is 313 g/mol. The fourth-order valence-corrected chi connectivity index (χ4v) is 2.47. The first-order valence-electron chi connectivity index (χ1n) is 5.94. The molecule has 2 aromatic rings. The van der Waals surface area contributed by atoms with E-state index in [9.17, 15) is 4.79 Å². The summed E-state index contributed by atoms with van der Waals surface area (Å²) in [4.78, 5) is 12.6. The van der Waals surface area contributed by atoms with E-state index in [2.05, 4.69) is 22.0 Å². The smallest absolute Gasteiger partial charge is 0.172 e. The van der Waals surface area contributed by atoms with E-state index in [1.165, 1.54) is 0 Å². The third-order valence-electron chi connectivity index (χ3n) is 2.95. The number of benzene rings is 2. The molecule has 0 spiro atoms. The van der Waals surface area contributed by atoms with Gasteiger partial charge in [0, 0.05) is 16.5 Å². The van der Waals surface area contributed by atoms with Crippen molar-refractivity contribution in [3.63, 3.8) is 0 Å². The summed E-state index contributed by atoms with van der Waals surface area (Å²) >= 11 is 3.39. The fraction of sp³-hybridized carbons (Fsp3) is 0.125. The largest absolute Gasteiger partial charge is 0.293 e. The zero-order chi connectivity index (χ0) is 13.7. The lowest BCUT2D eigenvalue weighted by Gasteiger charge is -2.14. The van der Waals surface area contributed by atoms with Gasteiger partial charge in [0.05, 0.1) is 12.0 Å². The molecule has 2 rings (SSSR count). The molecule has 19 heavy (non-hydrogen) atoms. The summed E-state index contributed by atoms with van der Waals surface area (Å²) in [5, 5.41) is 8.95. The Morgan fingerprint density at radius 1 is 1.11 bits per heavy atom. The van der Waals surface area contributed by atoms with Gasteiger partial charge < -0.3 is 0 Å². The molecule has 3 heteroatoms. The van der Waals surface area contributed by atoms with Crippen LogP contribution in [-0.4, -0.2) is 5.78 Å². The van der Waals surface area contributed by atoms with Gasteiger partial charge in [-0.15, -0.1) is 0 Å². The van der Waals surface area contributed by atoms with E-state index < -0.39 is 5.92 Å². The van der Waals surface area contributed by atoms with Gasteiger partial charge in [-0.05, 0) is 11.6 Å². The van der Waals surface area contributed by atoms with E-state index in [4.69, 9.17) is 5.26 Å². The molecule has 2 nitrogen and oxygen atoms in total. The van der Waals surface area contributed by atoms with Crippen molar-refractivity contribution in [1.29, 1.82) is 5.26 Å². The number of carbonyl (C=O) groups excluding carboxylic acids is 1. The highest BCUT2D eigenvalue weighted by Crippen LogP contribution is 2.27. The number of Topliss-reactive ketones (excluding diaryl/α,β-unsaturated/α-hetero) is 1. The molecule has 2 aromatic carbocycles. The minimum atomic E-state index is -0.412. The molecule has 0 saturated heterocycles. The van der Waals surface area contributed by atoms with Crippen LogP contribution >= 0.6 is 15.9 Å². The minimum absolute atomic E-state index is 0.0276. The van der Waals surface area contributed by atoms with Crippen LogP contribution < -0.4 is 0 Å². The van der Waals surface area contributed by atoms with Gasteiger partial charge in [-0.1, -0.05) is 64.5 Å². The topological polar surface area (TPSA) is 40.9 Å². The molecule has 1 atom stereocenters. The van der Waals surface area contributed by atoms with Gasteiger partial charge in [0.25, 0.3) is 0 Å². The first-order chi connectivity index (χ1) is 9.24. The van der Waals surface area contributed by atoms with Crippen molar-refractivity contribution in [1.82, 2.24) is 0 Å². The van der Waals surface area contributed by atoms with Crippen LogP contribution in [0.5, 0.6) is 0 Å². The number of hydrogen-bond acceptors (Lipinski definition) is 2. The van der Waals surface area contributed by atoms with E-state index >= 15 is 0 Å². The predicted molar refractivity (Wildman–Crippen MR) is 77.9 cm³/mol. The Kier molecular flexibility index (Phi) is 4.48. The standard InChI is InChI=1S/C16H12BrNO/c17-15-9-5-4-8-14(15)16(19)13(10-11-18)12-6-2-1-3-7-12/h1-9,13H,10H2. The molecule has 0 aromatic heterocycles. The quantitative estimate of drug-likeness (QED) is 0.788. The Morgan fingerprint density at radius 3 is 2.37 bits per heavy atom. The highest BCUT2D eigenvalue weighted by atomic mass is 79.9. The summed E-state index contributed by atoms with van der Waals surface area (Å²) in [6.07, 6.45) is 0.185. The highest BCUT2D eigenvalue weighted by Gasteiger charge is 2.23. The molecular weight excluding hydrogens is 302 g/mol. The maximum atomic E-state index is 12.6. The average Bonchev–Trinajstić information content (AvgIpc) is 2.45. The molecule has 0 N–H and O–H groups in total. The number of ketones is 1. The second-order valence-electron chi connectivity index (χ2n) is 4.17. The van der Waals surface area contributed by atoms with E-state index in [1.807, 2.05) is 48.5 Å². The van der Waals surface area contributed by atoms with Crippen molar-refractivity contribution in [3.8, 4) is 6.07 Å². The Hall–Kier alpha value is -1.92. The molecule has 0 aliphatic carbocycles. The number of hydrogen-bond donors (Lipinski definition) is 0. The van der Waals surface area contributed by atoms with Crippen LogP contribution in [0.1, 0.15) is 28.3 Å². The Bertz CT molecular complexity index is 616. The van der Waals surface area contributed by atoms with Crippen LogP contribution in [0, 0.1) is 11.3 Å². The van der Waals surface area contributed by atoms with E-state index in [0.29, 0.717) is 5.56 Å². The molecular formula is C16H12BrNO. The molecule has 0 aliphatic heterocycles. The Morgan fingerprint density at radius 2 is 1.74 bits per heavy atom. The van der Waals surface area contributed by atoms with Crippen molar-refractivity contribution >= 4 is 21.7 Å². The second-order valence-corrected chi connectivity index (χ2v) is 5.02. The zero-order valence-corrected chi connectivity index (χ0v) is 11.8. The van der Waals surface area contributed by atoms with Gasteiger partial charge >= 0.3 is 0 Å². The average molecular weight is 314 g/mol. The lowest BCUT2D eigenvalue weighted by Crippen LogP contribution is -2.13. The van der Waals surface area contributed by atoms with Gasteiger partial charge in [0.1, 0.15) is 0 Å². The summed E-state index contributed by atoms with van der Waals surface area (Å²) in [6.45, 7) is 0. The number of nitriles is 1. The van der Waals surface area contributed by atoms with Crippen molar-refractivity contribution in [3.05, 3.63) is 70.2 Å². The molecule has 0 bridgehead atoms. The summed E-state index contributed by atoms with van der Waals surface area (Å²) in [5.41, 5.74) is 1.50. The maximum Gasteiger partial charge on any atom is 0.172 e. The molecule has 0 fully saturated rings. The van der Waals surface area contributed by atoms with Crippen LogP contribution in [-0.2, 0) is 0 Å². The third-order valence-corrected chi connectivity index (χ3v) is 3.64. The SMILES string of the molecule is N#CCC(C(=O)c1ccccc1Br)c1ccccc1. The van der Waals surface area contributed by atoms with E-state index in [1.54, 1.807) is 6.07 Å². The molecule has 0 amide bonds. The first-order valence-corrected chi connectivity index (χ1v) is 6.74. The van der Waals surface area contributed by atoms with Crippen molar-refractivity contribution in [2.75, 3.05) is 0 Å². The molecule has 0 heterocycles. The molecule has 0 radical (unpaired) electrons. The van der Waals surface area contributed by atoms with Crippen LogP contribution in [0.15, 0.2) is 59.1 Å². The number of carbonyl (C=O) groups is 1. The zero-order valence-electron chi connectivity index (χ0n) is 10.2.